The average Bonchev–Trinajstić information content (AvgIpc) is 2.83. The van der Waals surface area contributed by atoms with Crippen molar-refractivity contribution >= 4 is 11.9 Å². The van der Waals surface area contributed by atoms with Crippen LogP contribution < -0.4 is 5.32 Å². The van der Waals surface area contributed by atoms with E-state index in [4.69, 9.17) is 9.47 Å². The summed E-state index contributed by atoms with van der Waals surface area (Å²) in [6, 6.07) is -0.167. The maximum absolute atomic E-state index is 12.2. The van der Waals surface area contributed by atoms with E-state index in [1.165, 1.54) is 0 Å². The van der Waals surface area contributed by atoms with Gasteiger partial charge in [0.25, 0.3) is 0 Å². The van der Waals surface area contributed by atoms with Gasteiger partial charge in [0.05, 0.1) is 25.5 Å². The van der Waals surface area contributed by atoms with Crippen LogP contribution in [-0.2, 0) is 14.3 Å². The first-order chi connectivity index (χ1) is 10.5. The van der Waals surface area contributed by atoms with Gasteiger partial charge in [0.15, 0.2) is 0 Å². The molecule has 2 unspecified atom stereocenters. The third kappa shape index (κ3) is 4.58. The minimum Gasteiger partial charge on any atom is -0.383 e. The summed E-state index contributed by atoms with van der Waals surface area (Å²) < 4.78 is 10.7. The van der Waals surface area contributed by atoms with Gasteiger partial charge in [-0.1, -0.05) is 0 Å². The normalized spacial score (nSPS) is 29.0. The molecule has 2 heterocycles. The van der Waals surface area contributed by atoms with Crippen LogP contribution in [0.4, 0.5) is 4.79 Å². The van der Waals surface area contributed by atoms with Crippen LogP contribution in [0.5, 0.6) is 0 Å². The Bertz CT molecular complexity index is 394. The van der Waals surface area contributed by atoms with Crippen LogP contribution in [0.1, 0.15) is 26.7 Å². The summed E-state index contributed by atoms with van der Waals surface area (Å²) in [5.74, 6) is 0.408. The van der Waals surface area contributed by atoms with Crippen molar-refractivity contribution in [3.8, 4) is 0 Å². The average molecular weight is 313 g/mol. The van der Waals surface area contributed by atoms with Gasteiger partial charge in [-0.15, -0.1) is 0 Å². The number of methoxy groups -OCH3 is 1. The largest absolute Gasteiger partial charge is 0.383 e. The van der Waals surface area contributed by atoms with E-state index in [1.807, 2.05) is 0 Å². The van der Waals surface area contributed by atoms with Gasteiger partial charge in [-0.05, 0) is 32.6 Å². The van der Waals surface area contributed by atoms with Gasteiger partial charge >= 0.3 is 6.03 Å². The highest BCUT2D eigenvalue weighted by Gasteiger charge is 2.31. The summed E-state index contributed by atoms with van der Waals surface area (Å²) in [6.07, 6.45) is 2.40. The second kappa shape index (κ2) is 7.78. The number of hydrogen-bond donors (Lipinski definition) is 1. The van der Waals surface area contributed by atoms with Crippen LogP contribution in [0, 0.1) is 5.92 Å². The molecule has 0 aliphatic carbocycles. The quantitative estimate of drug-likeness (QED) is 0.809. The molecule has 0 saturated carbocycles. The fraction of sp³-hybridized carbons (Fsp3) is 0.867. The number of nitrogens with zero attached hydrogens (tertiary/aromatic N) is 2. The van der Waals surface area contributed by atoms with Gasteiger partial charge in [0.1, 0.15) is 6.54 Å². The van der Waals surface area contributed by atoms with Crippen LogP contribution in [0.25, 0.3) is 0 Å². The van der Waals surface area contributed by atoms with Crippen LogP contribution in [0.2, 0.25) is 0 Å². The summed E-state index contributed by atoms with van der Waals surface area (Å²) in [7, 11) is 1.60. The van der Waals surface area contributed by atoms with E-state index in [0.717, 1.165) is 12.8 Å². The Labute approximate surface area is 131 Å². The van der Waals surface area contributed by atoms with Crippen molar-refractivity contribution in [1.29, 1.82) is 0 Å². The van der Waals surface area contributed by atoms with Gasteiger partial charge in [-0.2, -0.15) is 0 Å². The predicted octanol–water partition coefficient (Wildman–Crippen LogP) is 0.648. The maximum atomic E-state index is 12.2. The molecule has 126 valence electrons. The van der Waals surface area contributed by atoms with E-state index < -0.39 is 0 Å². The fourth-order valence-corrected chi connectivity index (χ4v) is 3.18. The summed E-state index contributed by atoms with van der Waals surface area (Å²) in [5.41, 5.74) is 0. The molecule has 22 heavy (non-hydrogen) atoms. The molecule has 0 spiro atoms. The number of carbonyl (C=O) groups excluding carboxylic acids is 2. The first-order valence-corrected chi connectivity index (χ1v) is 7.94. The van der Waals surface area contributed by atoms with E-state index in [2.05, 4.69) is 19.2 Å². The fourth-order valence-electron chi connectivity index (χ4n) is 3.18. The summed E-state index contributed by atoms with van der Waals surface area (Å²) >= 11 is 0. The molecule has 0 radical (unpaired) electrons. The van der Waals surface area contributed by atoms with E-state index in [9.17, 15) is 9.59 Å². The van der Waals surface area contributed by atoms with Gasteiger partial charge in [-0.3, -0.25) is 9.69 Å². The zero-order valence-corrected chi connectivity index (χ0v) is 13.7. The van der Waals surface area contributed by atoms with Crippen LogP contribution >= 0.6 is 0 Å². The molecule has 0 aromatic heterocycles. The molecule has 2 fully saturated rings. The van der Waals surface area contributed by atoms with Crippen molar-refractivity contribution in [1.82, 2.24) is 15.1 Å². The Kier molecular flexibility index (Phi) is 6.02. The first kappa shape index (κ1) is 17.0. The van der Waals surface area contributed by atoms with Crippen LogP contribution in [0.3, 0.4) is 0 Å². The van der Waals surface area contributed by atoms with E-state index in [-0.39, 0.29) is 30.7 Å². The van der Waals surface area contributed by atoms with E-state index >= 15 is 0 Å². The number of amides is 3. The lowest BCUT2D eigenvalue weighted by molar-refractivity contribution is -0.127. The van der Waals surface area contributed by atoms with Gasteiger partial charge in [0, 0.05) is 20.2 Å². The first-order valence-electron chi connectivity index (χ1n) is 7.94. The highest BCUT2D eigenvalue weighted by atomic mass is 16.5. The van der Waals surface area contributed by atoms with Crippen molar-refractivity contribution in [2.75, 3.05) is 40.0 Å². The molecule has 2 aliphatic heterocycles. The number of nitrogens with one attached hydrogen (secondary N) is 1. The molecule has 2 rings (SSSR count). The molecule has 0 bridgehead atoms. The number of urea groups is 1. The number of hydrogen-bond acceptors (Lipinski definition) is 4. The molecule has 7 heteroatoms. The third-order valence-electron chi connectivity index (χ3n) is 4.21. The van der Waals surface area contributed by atoms with Gasteiger partial charge < -0.3 is 19.7 Å². The van der Waals surface area contributed by atoms with Crippen molar-refractivity contribution in [3.05, 3.63) is 0 Å². The van der Waals surface area contributed by atoms with Crippen LogP contribution in [-0.4, -0.2) is 74.0 Å². The zero-order valence-electron chi connectivity index (χ0n) is 13.7. The molecule has 1 N–H and O–H groups in total. The lowest BCUT2D eigenvalue weighted by Gasteiger charge is -2.32. The van der Waals surface area contributed by atoms with Crippen LogP contribution in [0.15, 0.2) is 0 Å². The molecular formula is C15H27N3O4. The Morgan fingerprint density at radius 1 is 1.36 bits per heavy atom. The lowest BCUT2D eigenvalue weighted by Crippen LogP contribution is -2.43. The highest BCUT2D eigenvalue weighted by Crippen LogP contribution is 2.24. The third-order valence-corrected chi connectivity index (χ3v) is 4.21. The topological polar surface area (TPSA) is 71.1 Å². The monoisotopic (exact) mass is 313 g/mol. The second-order valence-corrected chi connectivity index (χ2v) is 6.27. The predicted molar refractivity (Wildman–Crippen MR) is 81.3 cm³/mol. The maximum Gasteiger partial charge on any atom is 0.319 e. The Hall–Kier alpha value is -1.34. The van der Waals surface area contributed by atoms with Gasteiger partial charge in [-0.25, -0.2) is 4.79 Å². The number of carbonyl (C=O) groups is 2. The van der Waals surface area contributed by atoms with Crippen molar-refractivity contribution in [3.63, 3.8) is 0 Å². The summed E-state index contributed by atoms with van der Waals surface area (Å²) in [5, 5.41) is 2.95. The molecule has 0 aromatic rings. The van der Waals surface area contributed by atoms with E-state index in [0.29, 0.717) is 32.3 Å². The lowest BCUT2D eigenvalue weighted by atomic mass is 9.92. The van der Waals surface area contributed by atoms with Crippen molar-refractivity contribution < 1.29 is 19.1 Å². The van der Waals surface area contributed by atoms with E-state index in [1.54, 1.807) is 16.9 Å². The number of ether oxygens (including phenoxy) is 2. The molecule has 3 amide bonds. The highest BCUT2D eigenvalue weighted by molar-refractivity contribution is 5.87. The molecule has 2 aliphatic rings. The molecule has 2 saturated heterocycles. The van der Waals surface area contributed by atoms with Crippen molar-refractivity contribution in [2.45, 2.75) is 38.9 Å². The Morgan fingerprint density at radius 2 is 2.05 bits per heavy atom. The molecular weight excluding hydrogens is 286 g/mol. The summed E-state index contributed by atoms with van der Waals surface area (Å²) in [4.78, 5) is 27.2. The SMILES string of the molecule is COCCN1CN(C(=O)NCC2CC(C)OC(C)C2)CC1=O. The Balaban J connectivity index is 1.74. The molecule has 7 nitrogen and oxygen atoms in total. The smallest absolute Gasteiger partial charge is 0.319 e. The minimum absolute atomic E-state index is 0.0273. The zero-order chi connectivity index (χ0) is 16.1. The Morgan fingerprint density at radius 3 is 2.68 bits per heavy atom. The number of rotatable bonds is 5. The molecule has 0 aromatic carbocycles. The summed E-state index contributed by atoms with van der Waals surface area (Å²) in [6.45, 7) is 6.27. The second-order valence-electron chi connectivity index (χ2n) is 6.27. The molecule has 2 atom stereocenters. The van der Waals surface area contributed by atoms with Gasteiger partial charge in [0.2, 0.25) is 5.91 Å². The van der Waals surface area contributed by atoms with Crippen molar-refractivity contribution in [2.24, 2.45) is 5.92 Å². The minimum atomic E-state index is -0.167. The standard InChI is InChI=1S/C15H27N3O4/c1-11-6-13(7-12(2)22-11)8-16-15(20)18-9-14(19)17(10-18)4-5-21-3/h11-13H,4-10H2,1-3H3,(H,16,20).